The third-order valence-corrected chi connectivity index (χ3v) is 7.83. The number of nitrogens with one attached hydrogen (secondary N) is 2. The predicted molar refractivity (Wildman–Crippen MR) is 164 cm³/mol. The van der Waals surface area contributed by atoms with E-state index in [2.05, 4.69) is 40.5 Å². The first-order chi connectivity index (χ1) is 22.3. The normalized spacial score (nSPS) is 11.4. The van der Waals surface area contributed by atoms with E-state index in [1.54, 1.807) is 0 Å². The number of nitrogens with zero attached hydrogens (tertiary/aromatic N) is 6. The zero-order chi connectivity index (χ0) is 34.4. The first-order valence-electron chi connectivity index (χ1n) is 13.2. The molecule has 19 nitrogen and oxygen atoms in total. The summed E-state index contributed by atoms with van der Waals surface area (Å²) in [4.78, 5) is 22.9. The molecule has 0 fully saturated rings. The van der Waals surface area contributed by atoms with Gasteiger partial charge in [-0.1, -0.05) is 24.3 Å². The third-order valence-electron chi connectivity index (χ3n) is 6.06. The molecule has 0 radical (unpaired) electrons. The molecule has 0 aliphatic carbocycles. The molecule has 49 heavy (non-hydrogen) atoms. The average molecular weight is 736 g/mol. The van der Waals surface area contributed by atoms with Crippen LogP contribution in [0.4, 0.5) is 17.6 Å². The number of ether oxygens (including phenoxy) is 2. The Kier molecular flexibility index (Phi) is 15.7. The Bertz CT molecular complexity index is 2040. The Morgan fingerprint density at radius 2 is 1.22 bits per heavy atom. The fourth-order valence-corrected chi connectivity index (χ4v) is 5.43. The summed E-state index contributed by atoms with van der Waals surface area (Å²) in [5, 5.41) is 23.6. The second-order valence-electron chi connectivity index (χ2n) is 9.21. The summed E-state index contributed by atoms with van der Waals surface area (Å²) in [7, 11) is -7.76. The van der Waals surface area contributed by atoms with Crippen LogP contribution >= 0.6 is 0 Å². The van der Waals surface area contributed by atoms with Crippen molar-refractivity contribution in [3.05, 3.63) is 41.5 Å². The molecule has 2 aromatic carbocycles. The van der Waals surface area contributed by atoms with Crippen LogP contribution in [0.1, 0.15) is 11.1 Å². The van der Waals surface area contributed by atoms with Gasteiger partial charge in [0, 0.05) is 35.5 Å². The summed E-state index contributed by atoms with van der Waals surface area (Å²) in [5.41, 5.74) is 5.53. The van der Waals surface area contributed by atoms with Gasteiger partial charge < -0.3 is 45.2 Å². The molecule has 2 aromatic heterocycles. The van der Waals surface area contributed by atoms with Gasteiger partial charge in [-0.15, -0.1) is 0 Å². The Labute approximate surface area is 324 Å². The van der Waals surface area contributed by atoms with Gasteiger partial charge in [0.1, 0.15) is 20.2 Å². The number of anilines is 3. The number of aromatic nitrogens is 6. The molecular formula is C26H27N9Na2O10S2. The Morgan fingerprint density at radius 3 is 1.69 bits per heavy atom. The Morgan fingerprint density at radius 1 is 0.735 bits per heavy atom. The van der Waals surface area contributed by atoms with Crippen LogP contribution in [0.3, 0.4) is 0 Å². The average Bonchev–Trinajstić information content (AvgIpc) is 3.04. The third kappa shape index (κ3) is 11.0. The summed E-state index contributed by atoms with van der Waals surface area (Å²) in [6, 6.07) is 5.56. The van der Waals surface area contributed by atoms with Gasteiger partial charge in [0.2, 0.25) is 11.9 Å². The van der Waals surface area contributed by atoms with Gasteiger partial charge >= 0.3 is 71.1 Å². The summed E-state index contributed by atoms with van der Waals surface area (Å²) in [6.07, 6.45) is 2.17. The number of hydrogen-bond acceptors (Lipinski definition) is 19. The van der Waals surface area contributed by atoms with Crippen molar-refractivity contribution in [2.45, 2.75) is 9.79 Å². The minimum atomic E-state index is -5.20. The molecule has 4 rings (SSSR count). The van der Waals surface area contributed by atoms with Crippen molar-refractivity contribution in [3.63, 3.8) is 0 Å². The molecule has 0 amide bonds. The van der Waals surface area contributed by atoms with E-state index in [0.717, 1.165) is 24.3 Å². The predicted octanol–water partition coefficient (Wildman–Crippen LogP) is -6.22. The number of benzene rings is 2. The summed E-state index contributed by atoms with van der Waals surface area (Å²) in [6.45, 7) is -0.312. The molecule has 23 heteroatoms. The van der Waals surface area contributed by atoms with Gasteiger partial charge in [0.25, 0.3) is 0 Å². The van der Waals surface area contributed by atoms with Crippen molar-refractivity contribution in [1.82, 2.24) is 29.9 Å². The molecule has 2 heterocycles. The number of hydrogen-bond donors (Lipinski definition) is 5. The zero-order valence-electron chi connectivity index (χ0n) is 26.6. The van der Waals surface area contributed by atoms with Crippen LogP contribution in [-0.2, 0) is 20.2 Å². The van der Waals surface area contributed by atoms with Gasteiger partial charge in [-0.3, -0.25) is 0 Å². The fourth-order valence-electron chi connectivity index (χ4n) is 4.01. The summed E-state index contributed by atoms with van der Waals surface area (Å²) >= 11 is 0. The molecule has 250 valence electrons. The molecule has 6 N–H and O–H groups in total. The number of nitrogens with two attached hydrogens (primary N) is 1. The van der Waals surface area contributed by atoms with E-state index in [9.17, 15) is 25.9 Å². The number of rotatable bonds is 14. The van der Waals surface area contributed by atoms with Crippen LogP contribution in [0.15, 0.2) is 40.1 Å². The summed E-state index contributed by atoms with van der Waals surface area (Å²) < 4.78 is 84.0. The maximum Gasteiger partial charge on any atom is 1.00 e. The van der Waals surface area contributed by atoms with Gasteiger partial charge in [0.15, 0.2) is 11.6 Å². The largest absolute Gasteiger partial charge is 1.00 e. The van der Waals surface area contributed by atoms with E-state index in [1.165, 1.54) is 32.4 Å². The minimum Gasteiger partial charge on any atom is -0.744 e. The number of nitrogen functional groups attached to an aromatic ring is 1. The van der Waals surface area contributed by atoms with Gasteiger partial charge in [-0.05, 0) is 23.8 Å². The zero-order valence-corrected chi connectivity index (χ0v) is 32.2. The van der Waals surface area contributed by atoms with E-state index in [1.807, 2.05) is 0 Å². The smallest absolute Gasteiger partial charge is 0.744 e. The van der Waals surface area contributed by atoms with E-state index in [-0.39, 0.29) is 149 Å². The number of aliphatic hydroxyl groups excluding tert-OH is 2. The maximum absolute atomic E-state index is 12.3. The van der Waals surface area contributed by atoms with Crippen LogP contribution in [0.25, 0.3) is 34.9 Å². The van der Waals surface area contributed by atoms with E-state index >= 15 is 0 Å². The van der Waals surface area contributed by atoms with Crippen LogP contribution in [0.2, 0.25) is 0 Å². The van der Waals surface area contributed by atoms with Gasteiger partial charge in [-0.2, -0.15) is 29.9 Å². The van der Waals surface area contributed by atoms with Gasteiger partial charge in [-0.25, -0.2) is 16.8 Å². The standard InChI is InChI=1S/C26H29N9O10S2.2Na/c1-44-25-32-21(30-23(34-25)28-7-9-36)15-4-3-14(19(12-15)46(38,39)40)5-6-17-18(27)11-16(13-20(17)47(41,42)43)22-31-24(29-8-10-37)35-26(33-22)45-2;;/h3-6,11-13,36-37H,7-10,27H2,1-2H3,(H,38,39,40)(H,41,42,43)(H,28,30,32,34)(H,29,31,33,35);;/q;2*+1/p-2. The molecule has 0 saturated carbocycles. The second kappa shape index (κ2) is 18.3. The van der Waals surface area contributed by atoms with Crippen molar-refractivity contribution < 1.29 is 105 Å². The molecule has 0 spiro atoms. The van der Waals surface area contributed by atoms with Crippen LogP contribution in [0.5, 0.6) is 12.0 Å². The van der Waals surface area contributed by atoms with E-state index in [0.29, 0.717) is 0 Å². The van der Waals surface area contributed by atoms with Crippen molar-refractivity contribution in [3.8, 4) is 34.8 Å². The maximum atomic E-state index is 12.3. The minimum absolute atomic E-state index is 0. The molecule has 0 aliphatic rings. The quantitative estimate of drug-likeness (QED) is 0.0348. The van der Waals surface area contributed by atoms with E-state index < -0.39 is 30.0 Å². The fraction of sp³-hybridized carbons (Fsp3) is 0.231. The monoisotopic (exact) mass is 735 g/mol. The SMILES string of the molecule is COc1nc(NCCO)nc(-c2ccc(C=Cc3c(N)cc(-c4nc(NCCO)nc(OC)n4)cc3S(=O)(=O)[O-])c(S(=O)(=O)[O-])c2)n1.[Na+].[Na+]. The molecule has 0 unspecified atom stereocenters. The van der Waals surface area contributed by atoms with Crippen LogP contribution < -0.4 is 85.0 Å². The Hall–Kier alpha value is -3.06. The molecule has 4 aromatic rings. The number of aliphatic hydroxyl groups is 2. The molecule has 0 bridgehead atoms. The topological polar surface area (TPSA) is 301 Å². The first kappa shape index (κ1) is 42.1. The Balaban J connectivity index is 0.00000417. The number of methoxy groups -OCH3 is 2. The van der Waals surface area contributed by atoms with Crippen molar-refractivity contribution in [1.29, 1.82) is 0 Å². The van der Waals surface area contributed by atoms with Crippen LogP contribution in [-0.4, -0.2) is 107 Å². The van der Waals surface area contributed by atoms with E-state index in [4.69, 9.17) is 25.4 Å². The molecule has 0 aliphatic heterocycles. The van der Waals surface area contributed by atoms with Crippen molar-refractivity contribution in [2.75, 3.05) is 56.9 Å². The van der Waals surface area contributed by atoms with Crippen LogP contribution in [0, 0.1) is 0 Å². The van der Waals surface area contributed by atoms with Crippen molar-refractivity contribution in [2.24, 2.45) is 0 Å². The molecular weight excluding hydrogens is 708 g/mol. The molecule has 0 saturated heterocycles. The second-order valence-corrected chi connectivity index (χ2v) is 11.9. The molecule has 0 atom stereocenters. The first-order valence-corrected chi connectivity index (χ1v) is 16.1. The van der Waals surface area contributed by atoms with Crippen molar-refractivity contribution >= 4 is 50.0 Å². The van der Waals surface area contributed by atoms with Gasteiger partial charge in [0.05, 0.1) is 37.2 Å². The summed E-state index contributed by atoms with van der Waals surface area (Å²) in [5.74, 6) is -0.195.